The van der Waals surface area contributed by atoms with Crippen molar-refractivity contribution in [2.24, 2.45) is 5.73 Å². The average molecular weight is 212 g/mol. The summed E-state index contributed by atoms with van der Waals surface area (Å²) in [6.45, 7) is 0. The van der Waals surface area contributed by atoms with Gasteiger partial charge in [-0.3, -0.25) is 4.98 Å². The van der Waals surface area contributed by atoms with E-state index in [2.05, 4.69) is 4.98 Å². The van der Waals surface area contributed by atoms with Gasteiger partial charge in [-0.1, -0.05) is 18.2 Å². The zero-order valence-electron chi connectivity index (χ0n) is 8.27. The van der Waals surface area contributed by atoms with Gasteiger partial charge in [0.25, 0.3) is 0 Å². The minimum atomic E-state index is -1.01. The van der Waals surface area contributed by atoms with Gasteiger partial charge in [-0.25, -0.2) is 4.79 Å². The summed E-state index contributed by atoms with van der Waals surface area (Å²) >= 11 is 0. The number of carbonyl (C=O) groups is 1. The Bertz CT molecular complexity index is 654. The summed E-state index contributed by atoms with van der Waals surface area (Å²) in [7, 11) is 0. The number of hydrogen-bond donors (Lipinski definition) is 2. The van der Waals surface area contributed by atoms with Gasteiger partial charge in [0, 0.05) is 17.1 Å². The van der Waals surface area contributed by atoms with Crippen LogP contribution in [-0.4, -0.2) is 16.1 Å². The van der Waals surface area contributed by atoms with Gasteiger partial charge in [0.2, 0.25) is 0 Å². The minimum absolute atomic E-state index is 0.152. The Kier molecular flexibility index (Phi) is 1.57. The van der Waals surface area contributed by atoms with E-state index in [1.54, 1.807) is 12.3 Å². The van der Waals surface area contributed by atoms with Crippen molar-refractivity contribution in [1.82, 2.24) is 4.98 Å². The molecule has 0 saturated heterocycles. The number of pyridine rings is 1. The van der Waals surface area contributed by atoms with Crippen molar-refractivity contribution < 1.29 is 9.90 Å². The second kappa shape index (κ2) is 2.82. The van der Waals surface area contributed by atoms with Gasteiger partial charge in [0.05, 0.1) is 17.0 Å². The fourth-order valence-corrected chi connectivity index (χ4v) is 2.14. The van der Waals surface area contributed by atoms with E-state index >= 15 is 0 Å². The molecular formula is C12H8N2O2. The molecule has 0 aliphatic heterocycles. The van der Waals surface area contributed by atoms with Gasteiger partial charge in [0.15, 0.2) is 0 Å². The third-order valence-electron chi connectivity index (χ3n) is 2.80. The standard InChI is InChI=1S/C12H8N2O2/c13-10-9(12(15)16)7-3-1-2-6-4-5-14-11(10)8(6)7/h1-5H,13H2,(H,15,16). The molecule has 0 fully saturated rings. The van der Waals surface area contributed by atoms with Crippen LogP contribution in [0.3, 0.4) is 0 Å². The van der Waals surface area contributed by atoms with E-state index in [1.165, 1.54) is 0 Å². The Morgan fingerprint density at radius 3 is 2.88 bits per heavy atom. The fraction of sp³-hybridized carbons (Fsp3) is 0. The molecule has 4 nitrogen and oxygen atoms in total. The van der Waals surface area contributed by atoms with Gasteiger partial charge >= 0.3 is 5.97 Å². The molecule has 2 aromatic rings. The summed E-state index contributed by atoms with van der Waals surface area (Å²) < 4.78 is 0. The molecule has 0 unspecified atom stereocenters. The van der Waals surface area contributed by atoms with Crippen molar-refractivity contribution in [3.05, 3.63) is 41.7 Å². The summed E-state index contributed by atoms with van der Waals surface area (Å²) in [4.78, 5) is 15.3. The maximum Gasteiger partial charge on any atom is 0.338 e. The first-order valence-corrected chi connectivity index (χ1v) is 4.81. The van der Waals surface area contributed by atoms with Crippen LogP contribution in [0.1, 0.15) is 11.3 Å². The Morgan fingerprint density at radius 2 is 2.12 bits per heavy atom. The van der Waals surface area contributed by atoms with E-state index in [-0.39, 0.29) is 11.3 Å². The summed E-state index contributed by atoms with van der Waals surface area (Å²) in [6.07, 6.45) is 1.64. The van der Waals surface area contributed by atoms with Crippen LogP contribution in [0, 0.1) is 0 Å². The maximum atomic E-state index is 11.2. The lowest BCUT2D eigenvalue weighted by atomic mass is 10.0. The van der Waals surface area contributed by atoms with E-state index in [1.807, 2.05) is 18.2 Å². The van der Waals surface area contributed by atoms with Crippen molar-refractivity contribution >= 4 is 28.0 Å². The smallest absolute Gasteiger partial charge is 0.338 e. The number of aliphatic carboxylic acids is 1. The molecule has 16 heavy (non-hydrogen) atoms. The number of carboxylic acids is 1. The molecule has 1 heterocycles. The molecule has 3 N–H and O–H groups in total. The number of aromatic nitrogens is 1. The zero-order valence-corrected chi connectivity index (χ0v) is 8.27. The van der Waals surface area contributed by atoms with Crippen LogP contribution in [0.25, 0.3) is 22.0 Å². The van der Waals surface area contributed by atoms with Crippen LogP contribution in [0.15, 0.2) is 30.5 Å². The van der Waals surface area contributed by atoms with Crippen LogP contribution >= 0.6 is 0 Å². The quantitative estimate of drug-likeness (QED) is 0.750. The molecule has 1 aliphatic carbocycles. The SMILES string of the molecule is NC1=C(C(=O)O)c2cccc3ccnc1c23. The summed E-state index contributed by atoms with van der Waals surface area (Å²) in [5.74, 6) is -1.01. The van der Waals surface area contributed by atoms with Crippen LogP contribution in [0.5, 0.6) is 0 Å². The molecular weight excluding hydrogens is 204 g/mol. The third-order valence-corrected chi connectivity index (χ3v) is 2.80. The molecule has 1 aromatic carbocycles. The van der Waals surface area contributed by atoms with Gasteiger partial charge < -0.3 is 10.8 Å². The molecule has 3 rings (SSSR count). The lowest BCUT2D eigenvalue weighted by molar-refractivity contribution is -0.130. The van der Waals surface area contributed by atoms with Crippen molar-refractivity contribution in [2.75, 3.05) is 0 Å². The van der Waals surface area contributed by atoms with Gasteiger partial charge in [0.1, 0.15) is 0 Å². The Balaban J connectivity index is 2.50. The number of benzene rings is 1. The predicted octanol–water partition coefficient (Wildman–Crippen LogP) is 1.46. The second-order valence-electron chi connectivity index (χ2n) is 3.66. The van der Waals surface area contributed by atoms with E-state index in [0.717, 1.165) is 10.8 Å². The van der Waals surface area contributed by atoms with E-state index in [4.69, 9.17) is 10.8 Å². The third kappa shape index (κ3) is 0.930. The van der Waals surface area contributed by atoms with Crippen LogP contribution < -0.4 is 5.73 Å². The highest BCUT2D eigenvalue weighted by Gasteiger charge is 2.27. The highest BCUT2D eigenvalue weighted by Crippen LogP contribution is 2.38. The second-order valence-corrected chi connectivity index (χ2v) is 3.66. The van der Waals surface area contributed by atoms with Gasteiger partial charge in [-0.05, 0) is 11.5 Å². The largest absolute Gasteiger partial charge is 0.478 e. The van der Waals surface area contributed by atoms with Crippen molar-refractivity contribution in [1.29, 1.82) is 0 Å². The molecule has 0 radical (unpaired) electrons. The molecule has 0 saturated carbocycles. The Hall–Kier alpha value is -2.36. The highest BCUT2D eigenvalue weighted by atomic mass is 16.4. The van der Waals surface area contributed by atoms with Crippen molar-refractivity contribution in [2.45, 2.75) is 0 Å². The first-order chi connectivity index (χ1) is 7.70. The maximum absolute atomic E-state index is 11.2. The van der Waals surface area contributed by atoms with Crippen LogP contribution in [-0.2, 0) is 4.79 Å². The van der Waals surface area contributed by atoms with Gasteiger partial charge in [-0.2, -0.15) is 0 Å². The number of nitrogens with zero attached hydrogens (tertiary/aromatic N) is 1. The molecule has 1 aromatic heterocycles. The molecule has 0 bridgehead atoms. The molecule has 0 spiro atoms. The zero-order chi connectivity index (χ0) is 11.3. The normalized spacial score (nSPS) is 13.5. The Labute approximate surface area is 91.0 Å². The van der Waals surface area contributed by atoms with Gasteiger partial charge in [-0.15, -0.1) is 0 Å². The van der Waals surface area contributed by atoms with Crippen molar-refractivity contribution in [3.8, 4) is 0 Å². The molecule has 1 aliphatic rings. The lowest BCUT2D eigenvalue weighted by Gasteiger charge is -2.00. The van der Waals surface area contributed by atoms with E-state index in [0.29, 0.717) is 11.3 Å². The monoisotopic (exact) mass is 212 g/mol. The molecule has 0 amide bonds. The molecule has 4 heteroatoms. The topological polar surface area (TPSA) is 76.2 Å². The Morgan fingerprint density at radius 1 is 1.31 bits per heavy atom. The van der Waals surface area contributed by atoms with Crippen molar-refractivity contribution in [3.63, 3.8) is 0 Å². The first-order valence-electron chi connectivity index (χ1n) is 4.81. The molecule has 78 valence electrons. The van der Waals surface area contributed by atoms with E-state index in [9.17, 15) is 4.79 Å². The fourth-order valence-electron chi connectivity index (χ4n) is 2.14. The van der Waals surface area contributed by atoms with Crippen LogP contribution in [0.2, 0.25) is 0 Å². The lowest BCUT2D eigenvalue weighted by Crippen LogP contribution is -2.04. The number of carboxylic acid groups (broad SMARTS) is 1. The average Bonchev–Trinajstić information content (AvgIpc) is 2.55. The summed E-state index contributed by atoms with van der Waals surface area (Å²) in [6, 6.07) is 7.35. The highest BCUT2D eigenvalue weighted by molar-refractivity contribution is 6.31. The molecule has 0 atom stereocenters. The van der Waals surface area contributed by atoms with Crippen LogP contribution in [0.4, 0.5) is 0 Å². The summed E-state index contributed by atoms with van der Waals surface area (Å²) in [5, 5.41) is 10.9. The number of nitrogens with two attached hydrogens (primary N) is 1. The minimum Gasteiger partial charge on any atom is -0.478 e. The number of rotatable bonds is 1. The summed E-state index contributed by atoms with van der Waals surface area (Å²) in [5.41, 5.74) is 7.46. The predicted molar refractivity (Wildman–Crippen MR) is 60.4 cm³/mol. The number of hydrogen-bond acceptors (Lipinski definition) is 3. The first kappa shape index (κ1) is 8.91. The van der Waals surface area contributed by atoms with E-state index < -0.39 is 5.97 Å².